The van der Waals surface area contributed by atoms with Crippen LogP contribution in [-0.4, -0.2) is 16.9 Å². The number of anilines is 1. The predicted molar refractivity (Wildman–Crippen MR) is 75.9 cm³/mol. The maximum atomic E-state index is 12.1. The molecule has 3 N–H and O–H groups in total. The van der Waals surface area contributed by atoms with Crippen LogP contribution < -0.4 is 11.1 Å². The van der Waals surface area contributed by atoms with Gasteiger partial charge < -0.3 is 11.1 Å². The van der Waals surface area contributed by atoms with Crippen LogP contribution in [0, 0.1) is 0 Å². The largest absolute Gasteiger partial charge is 0.397 e. The van der Waals surface area contributed by atoms with Gasteiger partial charge in [0.2, 0.25) is 0 Å². The van der Waals surface area contributed by atoms with E-state index in [1.165, 1.54) is 12.8 Å². The predicted octanol–water partition coefficient (Wildman–Crippen LogP) is 2.49. The lowest BCUT2D eigenvalue weighted by Gasteiger charge is -2.11. The average molecular weight is 255 g/mol. The van der Waals surface area contributed by atoms with Crippen LogP contribution in [0.3, 0.4) is 0 Å². The summed E-state index contributed by atoms with van der Waals surface area (Å²) in [6.07, 6.45) is 4.54. The number of amides is 1. The molecule has 0 aliphatic heterocycles. The summed E-state index contributed by atoms with van der Waals surface area (Å²) in [4.78, 5) is 16.5. The Bertz CT molecular complexity index is 618. The minimum absolute atomic E-state index is 0.1000. The fourth-order valence-electron chi connectivity index (χ4n) is 2.63. The molecule has 0 saturated heterocycles. The first-order valence-electron chi connectivity index (χ1n) is 6.70. The molecule has 4 heteroatoms. The first-order valence-corrected chi connectivity index (χ1v) is 6.70. The van der Waals surface area contributed by atoms with Crippen LogP contribution in [0.25, 0.3) is 10.9 Å². The number of hydrogen-bond donors (Lipinski definition) is 2. The number of carbonyl (C=O) groups excluding carboxylic acids is 1. The van der Waals surface area contributed by atoms with Gasteiger partial charge in [-0.15, -0.1) is 0 Å². The summed E-state index contributed by atoms with van der Waals surface area (Å²) in [6.45, 7) is 0. The molecule has 0 unspecified atom stereocenters. The molecule has 1 amide bonds. The third kappa shape index (κ3) is 2.38. The van der Waals surface area contributed by atoms with E-state index in [2.05, 4.69) is 10.3 Å². The molecule has 1 aromatic carbocycles. The summed E-state index contributed by atoms with van der Waals surface area (Å²) in [5.41, 5.74) is 7.64. The molecule has 0 spiro atoms. The zero-order chi connectivity index (χ0) is 13.2. The highest BCUT2D eigenvalue weighted by Crippen LogP contribution is 2.20. The monoisotopic (exact) mass is 255 g/mol. The molecule has 1 aliphatic rings. The Labute approximate surface area is 112 Å². The van der Waals surface area contributed by atoms with Gasteiger partial charge in [-0.25, -0.2) is 4.98 Å². The second-order valence-corrected chi connectivity index (χ2v) is 5.07. The van der Waals surface area contributed by atoms with Crippen LogP contribution in [0.15, 0.2) is 30.3 Å². The lowest BCUT2D eigenvalue weighted by Crippen LogP contribution is -2.33. The number of aromatic nitrogens is 1. The van der Waals surface area contributed by atoms with E-state index in [0.717, 1.165) is 18.2 Å². The molecular formula is C15H17N3O. The van der Waals surface area contributed by atoms with E-state index in [-0.39, 0.29) is 5.91 Å². The van der Waals surface area contributed by atoms with Crippen LogP contribution >= 0.6 is 0 Å². The van der Waals surface area contributed by atoms with Gasteiger partial charge in [0, 0.05) is 11.4 Å². The lowest BCUT2D eigenvalue weighted by atomic mass is 10.1. The average Bonchev–Trinajstić information content (AvgIpc) is 2.92. The quantitative estimate of drug-likeness (QED) is 0.810. The molecule has 0 radical (unpaired) electrons. The molecule has 1 aliphatic carbocycles. The van der Waals surface area contributed by atoms with Crippen molar-refractivity contribution in [3.8, 4) is 0 Å². The summed E-state index contributed by atoms with van der Waals surface area (Å²) in [5, 5.41) is 3.99. The van der Waals surface area contributed by atoms with Crippen molar-refractivity contribution in [3.63, 3.8) is 0 Å². The van der Waals surface area contributed by atoms with Crippen molar-refractivity contribution in [3.05, 3.63) is 36.0 Å². The maximum Gasteiger partial charge on any atom is 0.270 e. The number of para-hydroxylation sites is 1. The second-order valence-electron chi connectivity index (χ2n) is 5.07. The zero-order valence-electron chi connectivity index (χ0n) is 10.7. The molecule has 4 nitrogen and oxygen atoms in total. The molecule has 98 valence electrons. The van der Waals surface area contributed by atoms with Crippen molar-refractivity contribution in [1.29, 1.82) is 0 Å². The highest BCUT2D eigenvalue weighted by Gasteiger charge is 2.18. The minimum Gasteiger partial charge on any atom is -0.397 e. The Hall–Kier alpha value is -2.10. The Kier molecular flexibility index (Phi) is 3.07. The number of fused-ring (bicyclic) bond motifs is 1. The summed E-state index contributed by atoms with van der Waals surface area (Å²) >= 11 is 0. The summed E-state index contributed by atoms with van der Waals surface area (Å²) in [6, 6.07) is 9.58. The molecule has 3 rings (SSSR count). The number of hydrogen-bond acceptors (Lipinski definition) is 3. The Morgan fingerprint density at radius 2 is 2.00 bits per heavy atom. The van der Waals surface area contributed by atoms with Crippen molar-refractivity contribution in [2.24, 2.45) is 0 Å². The van der Waals surface area contributed by atoms with Gasteiger partial charge in [-0.2, -0.15) is 0 Å². The summed E-state index contributed by atoms with van der Waals surface area (Å²) < 4.78 is 0. The first kappa shape index (κ1) is 12.0. The van der Waals surface area contributed by atoms with E-state index in [4.69, 9.17) is 5.73 Å². The lowest BCUT2D eigenvalue weighted by molar-refractivity contribution is 0.0933. The Balaban J connectivity index is 1.87. The van der Waals surface area contributed by atoms with Crippen molar-refractivity contribution in [1.82, 2.24) is 10.3 Å². The summed E-state index contributed by atoms with van der Waals surface area (Å²) in [5.74, 6) is -0.1000. The van der Waals surface area contributed by atoms with Crippen molar-refractivity contribution in [2.75, 3.05) is 5.73 Å². The standard InChI is InChI=1S/C15H17N3O/c16-12-7-3-4-10-8-9-13(18-14(10)12)15(19)17-11-5-1-2-6-11/h3-4,7-9,11H,1-2,5-6,16H2,(H,17,19). The SMILES string of the molecule is Nc1cccc2ccc(C(=O)NC3CCCC3)nc12. The molecule has 1 fully saturated rings. The fraction of sp³-hybridized carbons (Fsp3) is 0.333. The highest BCUT2D eigenvalue weighted by atomic mass is 16.1. The fourth-order valence-corrected chi connectivity index (χ4v) is 2.63. The van der Waals surface area contributed by atoms with Crippen LogP contribution in [0.5, 0.6) is 0 Å². The number of nitrogen functional groups attached to an aromatic ring is 1. The van der Waals surface area contributed by atoms with Crippen LogP contribution in [0.1, 0.15) is 36.2 Å². The number of benzene rings is 1. The van der Waals surface area contributed by atoms with Gasteiger partial charge in [0.1, 0.15) is 5.69 Å². The van der Waals surface area contributed by atoms with Crippen molar-refractivity contribution < 1.29 is 4.79 Å². The van der Waals surface area contributed by atoms with Gasteiger partial charge in [0.15, 0.2) is 0 Å². The Morgan fingerprint density at radius 1 is 1.21 bits per heavy atom. The van der Waals surface area contributed by atoms with Crippen molar-refractivity contribution in [2.45, 2.75) is 31.7 Å². The minimum atomic E-state index is -0.1000. The number of nitrogens with zero attached hydrogens (tertiary/aromatic N) is 1. The van der Waals surface area contributed by atoms with Gasteiger partial charge in [-0.3, -0.25) is 4.79 Å². The van der Waals surface area contributed by atoms with E-state index < -0.39 is 0 Å². The molecule has 1 aromatic heterocycles. The van der Waals surface area contributed by atoms with Gasteiger partial charge in [0.25, 0.3) is 5.91 Å². The van der Waals surface area contributed by atoms with Gasteiger partial charge in [0.05, 0.1) is 11.2 Å². The normalized spacial score (nSPS) is 15.8. The number of nitrogens with two attached hydrogens (primary N) is 1. The van der Waals surface area contributed by atoms with Crippen LogP contribution in [0.4, 0.5) is 5.69 Å². The van der Waals surface area contributed by atoms with E-state index in [1.807, 2.05) is 18.2 Å². The smallest absolute Gasteiger partial charge is 0.270 e. The van der Waals surface area contributed by atoms with E-state index in [9.17, 15) is 4.79 Å². The molecular weight excluding hydrogens is 238 g/mol. The maximum absolute atomic E-state index is 12.1. The van der Waals surface area contributed by atoms with Crippen LogP contribution in [0.2, 0.25) is 0 Å². The van der Waals surface area contributed by atoms with Gasteiger partial charge in [-0.1, -0.05) is 31.0 Å². The number of pyridine rings is 1. The molecule has 1 saturated carbocycles. The molecule has 0 atom stereocenters. The first-order chi connectivity index (χ1) is 9.24. The van der Waals surface area contributed by atoms with E-state index >= 15 is 0 Å². The third-order valence-corrected chi connectivity index (χ3v) is 3.67. The van der Waals surface area contributed by atoms with Crippen LogP contribution in [-0.2, 0) is 0 Å². The summed E-state index contributed by atoms with van der Waals surface area (Å²) in [7, 11) is 0. The van der Waals surface area contributed by atoms with Crippen molar-refractivity contribution >= 4 is 22.5 Å². The molecule has 1 heterocycles. The second kappa shape index (κ2) is 4.88. The number of rotatable bonds is 2. The molecule has 2 aromatic rings. The number of nitrogens with one attached hydrogen (secondary N) is 1. The Morgan fingerprint density at radius 3 is 2.79 bits per heavy atom. The highest BCUT2D eigenvalue weighted by molar-refractivity contribution is 5.97. The topological polar surface area (TPSA) is 68.0 Å². The number of carbonyl (C=O) groups is 1. The van der Waals surface area contributed by atoms with E-state index in [1.54, 1.807) is 12.1 Å². The van der Waals surface area contributed by atoms with Gasteiger partial charge in [-0.05, 0) is 25.0 Å². The van der Waals surface area contributed by atoms with Gasteiger partial charge >= 0.3 is 0 Å². The third-order valence-electron chi connectivity index (χ3n) is 3.67. The molecule has 0 bridgehead atoms. The van der Waals surface area contributed by atoms with E-state index in [0.29, 0.717) is 22.9 Å². The zero-order valence-corrected chi connectivity index (χ0v) is 10.7. The molecule has 19 heavy (non-hydrogen) atoms.